The zero-order valence-electron chi connectivity index (χ0n) is 12.7. The lowest BCUT2D eigenvalue weighted by Crippen LogP contribution is -2.70. The van der Waals surface area contributed by atoms with E-state index in [2.05, 4.69) is 9.47 Å². The zero-order chi connectivity index (χ0) is 19.6. The van der Waals surface area contributed by atoms with E-state index in [9.17, 15) is 41.0 Å². The highest BCUT2D eigenvalue weighted by atomic mass is 127. The molecule has 0 aliphatic rings. The lowest BCUT2D eigenvalue weighted by molar-refractivity contribution is -0.407. The van der Waals surface area contributed by atoms with Gasteiger partial charge in [0.2, 0.25) is 0 Å². The average molecular weight is 480 g/mol. The number of hydrogen-bond acceptors (Lipinski definition) is 5. The van der Waals surface area contributed by atoms with Crippen molar-refractivity contribution in [3.05, 3.63) is 0 Å². The van der Waals surface area contributed by atoms with Gasteiger partial charge in [-0.05, 0) is 20.3 Å². The Morgan fingerprint density at radius 1 is 1.08 bits per heavy atom. The van der Waals surface area contributed by atoms with Gasteiger partial charge in [0, 0.05) is 0 Å². The number of carbonyl (C=O) groups is 2. The maximum Gasteiger partial charge on any atom is 0.430 e. The van der Waals surface area contributed by atoms with E-state index in [1.807, 2.05) is 0 Å². The van der Waals surface area contributed by atoms with Crippen LogP contribution in [0.1, 0.15) is 27.2 Å². The normalized spacial score (nSPS) is 15.0. The summed E-state index contributed by atoms with van der Waals surface area (Å²) in [5, 5.41) is 9.23. The Labute approximate surface area is 146 Å². The van der Waals surface area contributed by atoms with Crippen LogP contribution in [0.15, 0.2) is 0 Å². The first-order valence-electron chi connectivity index (χ1n) is 6.39. The molecule has 142 valence electrons. The fourth-order valence-corrected chi connectivity index (χ4v) is 1.80. The molecule has 1 N–H and O–H groups in total. The van der Waals surface area contributed by atoms with E-state index in [1.165, 1.54) is 0 Å². The Morgan fingerprint density at radius 3 is 1.83 bits per heavy atom. The van der Waals surface area contributed by atoms with Crippen molar-refractivity contribution in [3.8, 4) is 0 Å². The van der Waals surface area contributed by atoms with Gasteiger partial charge in [-0.25, -0.2) is 4.79 Å². The molecule has 0 saturated carbocycles. The molecule has 1 atom stereocenters. The smallest absolute Gasteiger partial charge is 0.430 e. The lowest BCUT2D eigenvalue weighted by atomic mass is 9.84. The van der Waals surface area contributed by atoms with Crippen LogP contribution in [0.4, 0.5) is 26.3 Å². The summed E-state index contributed by atoms with van der Waals surface area (Å²) in [5.41, 5.74) is -8.72. The van der Waals surface area contributed by atoms with Crippen molar-refractivity contribution >= 4 is 34.5 Å². The highest BCUT2D eigenvalue weighted by Crippen LogP contribution is 2.50. The topological polar surface area (TPSA) is 72.8 Å². The average Bonchev–Trinajstić information content (AvgIpc) is 2.39. The highest BCUT2D eigenvalue weighted by Gasteiger charge is 2.78. The van der Waals surface area contributed by atoms with Crippen molar-refractivity contribution in [2.24, 2.45) is 0 Å². The second-order valence-corrected chi connectivity index (χ2v) is 6.68. The summed E-state index contributed by atoms with van der Waals surface area (Å²) in [6.45, 7) is 0.932. The summed E-state index contributed by atoms with van der Waals surface area (Å²) < 4.78 is 84.5. The number of halogens is 7. The van der Waals surface area contributed by atoms with Crippen molar-refractivity contribution in [2.75, 3.05) is 6.61 Å². The van der Waals surface area contributed by atoms with Gasteiger partial charge in [0.1, 0.15) is 3.92 Å². The molecule has 0 fully saturated rings. The van der Waals surface area contributed by atoms with Crippen molar-refractivity contribution in [1.29, 1.82) is 0 Å². The summed E-state index contributed by atoms with van der Waals surface area (Å²) in [7, 11) is 0. The maximum atomic E-state index is 12.8. The third-order valence-corrected chi connectivity index (χ3v) is 4.40. The van der Waals surface area contributed by atoms with Gasteiger partial charge in [0.25, 0.3) is 5.60 Å². The molecule has 0 spiro atoms. The second kappa shape index (κ2) is 7.62. The Bertz CT molecular complexity index is 460. The van der Waals surface area contributed by atoms with Crippen LogP contribution in [0.5, 0.6) is 0 Å². The zero-order valence-corrected chi connectivity index (χ0v) is 14.9. The van der Waals surface area contributed by atoms with Gasteiger partial charge in [-0.15, -0.1) is 0 Å². The molecule has 0 amide bonds. The summed E-state index contributed by atoms with van der Waals surface area (Å²) in [6.07, 6.45) is -12.0. The molecule has 12 heteroatoms. The highest BCUT2D eigenvalue weighted by molar-refractivity contribution is 14.1. The molecule has 0 aromatic heterocycles. The number of rotatable bonds is 6. The van der Waals surface area contributed by atoms with E-state index in [1.54, 1.807) is 29.5 Å². The Kier molecular flexibility index (Phi) is 7.37. The van der Waals surface area contributed by atoms with Crippen LogP contribution in [-0.2, 0) is 19.1 Å². The number of aliphatic hydroxyl groups is 1. The monoisotopic (exact) mass is 480 g/mol. The minimum absolute atomic E-state index is 0.251. The van der Waals surface area contributed by atoms with E-state index < -0.39 is 46.0 Å². The third-order valence-electron chi connectivity index (χ3n) is 3.01. The summed E-state index contributed by atoms with van der Waals surface area (Å²) in [4.78, 5) is 22.7. The second-order valence-electron chi connectivity index (χ2n) is 5.17. The summed E-state index contributed by atoms with van der Waals surface area (Å²) in [6, 6.07) is 0. The maximum absolute atomic E-state index is 12.8. The molecular formula is C12H15F6IO5. The Hall–Kier alpha value is -0.790. The fraction of sp³-hybridized carbons (Fsp3) is 0.833. The van der Waals surface area contributed by atoms with E-state index >= 15 is 0 Å². The van der Waals surface area contributed by atoms with Crippen LogP contribution in [0.3, 0.4) is 0 Å². The van der Waals surface area contributed by atoms with Gasteiger partial charge in [-0.1, -0.05) is 29.5 Å². The van der Waals surface area contributed by atoms with Gasteiger partial charge in [0.05, 0.1) is 0 Å². The van der Waals surface area contributed by atoms with Crippen molar-refractivity contribution in [1.82, 2.24) is 0 Å². The standard InChI is InChI=1S/C12H15F6IO5/c1-4-6(19)8(21)23-5-7(20)24-9(2,3)10(22,11(13,14)15)12(16,17)18/h6,22H,4-5H2,1-3H3. The largest absolute Gasteiger partial charge is 0.453 e. The molecule has 0 radical (unpaired) electrons. The van der Waals surface area contributed by atoms with Crippen LogP contribution >= 0.6 is 22.6 Å². The van der Waals surface area contributed by atoms with Crippen LogP contribution in [0.25, 0.3) is 0 Å². The number of hydrogen-bond donors (Lipinski definition) is 1. The molecule has 0 saturated heterocycles. The minimum atomic E-state index is -6.17. The van der Waals surface area contributed by atoms with E-state index in [-0.39, 0.29) is 13.8 Å². The van der Waals surface area contributed by atoms with Crippen LogP contribution in [0.2, 0.25) is 0 Å². The van der Waals surface area contributed by atoms with Crippen LogP contribution < -0.4 is 0 Å². The molecule has 1 unspecified atom stereocenters. The molecular weight excluding hydrogens is 465 g/mol. The Balaban J connectivity index is 5.24. The molecule has 0 aromatic carbocycles. The van der Waals surface area contributed by atoms with Gasteiger partial charge >= 0.3 is 24.3 Å². The van der Waals surface area contributed by atoms with E-state index in [0.717, 1.165) is 0 Å². The number of esters is 2. The van der Waals surface area contributed by atoms with Gasteiger partial charge < -0.3 is 14.6 Å². The SMILES string of the molecule is CCC(I)C(=O)OCC(=O)OC(C)(C)C(O)(C(F)(F)F)C(F)(F)F. The molecule has 0 aliphatic carbocycles. The van der Waals surface area contributed by atoms with Gasteiger partial charge in [0.15, 0.2) is 12.2 Å². The molecule has 0 aliphatic heterocycles. The molecule has 0 bridgehead atoms. The summed E-state index contributed by atoms with van der Waals surface area (Å²) in [5.74, 6) is -2.55. The fourth-order valence-electron chi connectivity index (χ4n) is 1.62. The van der Waals surface area contributed by atoms with Crippen molar-refractivity contribution in [3.63, 3.8) is 0 Å². The predicted molar refractivity (Wildman–Crippen MR) is 76.3 cm³/mol. The molecule has 24 heavy (non-hydrogen) atoms. The van der Waals surface area contributed by atoms with Gasteiger partial charge in [-0.2, -0.15) is 26.3 Å². The Morgan fingerprint density at radius 2 is 1.50 bits per heavy atom. The van der Waals surface area contributed by atoms with Crippen LogP contribution in [0, 0.1) is 0 Å². The first-order chi connectivity index (χ1) is 10.5. The third kappa shape index (κ3) is 4.86. The molecule has 0 heterocycles. The molecule has 0 rings (SSSR count). The first-order valence-corrected chi connectivity index (χ1v) is 7.64. The lowest BCUT2D eigenvalue weighted by Gasteiger charge is -2.43. The van der Waals surface area contributed by atoms with Crippen molar-refractivity contribution in [2.45, 2.75) is 54.7 Å². The molecule has 5 nitrogen and oxygen atoms in total. The number of alkyl halides is 7. The number of carbonyl (C=O) groups excluding carboxylic acids is 2. The van der Waals surface area contributed by atoms with E-state index in [0.29, 0.717) is 6.42 Å². The van der Waals surface area contributed by atoms with E-state index in [4.69, 9.17) is 0 Å². The minimum Gasteiger partial charge on any atom is -0.453 e. The predicted octanol–water partition coefficient (Wildman–Crippen LogP) is 2.92. The quantitative estimate of drug-likeness (QED) is 0.274. The number of ether oxygens (including phenoxy) is 2. The van der Waals surface area contributed by atoms with Gasteiger partial charge in [-0.3, -0.25) is 4.79 Å². The molecule has 0 aromatic rings. The van der Waals surface area contributed by atoms with Crippen molar-refractivity contribution < 1.29 is 50.5 Å². The van der Waals surface area contributed by atoms with Crippen LogP contribution in [-0.4, -0.2) is 51.1 Å². The first kappa shape index (κ1) is 23.2. The summed E-state index contributed by atoms with van der Waals surface area (Å²) >= 11 is 1.68.